The summed E-state index contributed by atoms with van der Waals surface area (Å²) in [5, 5.41) is 16.8. The molecule has 1 aliphatic rings. The summed E-state index contributed by atoms with van der Waals surface area (Å²) in [6.45, 7) is 3.85. The largest absolute Gasteiger partial charge is 0.495 e. The Labute approximate surface area is 173 Å². The van der Waals surface area contributed by atoms with Crippen LogP contribution in [0.4, 0.5) is 16.2 Å². The van der Waals surface area contributed by atoms with Crippen LogP contribution in [0.25, 0.3) is 0 Å². The van der Waals surface area contributed by atoms with Gasteiger partial charge in [-0.1, -0.05) is 24.3 Å². The zero-order chi connectivity index (χ0) is 21.8. The van der Waals surface area contributed by atoms with Gasteiger partial charge < -0.3 is 15.4 Å². The fourth-order valence-corrected chi connectivity index (χ4v) is 3.46. The van der Waals surface area contributed by atoms with Gasteiger partial charge in [-0.2, -0.15) is 0 Å². The summed E-state index contributed by atoms with van der Waals surface area (Å²) in [4.78, 5) is 38.0. The minimum atomic E-state index is -0.838. The van der Waals surface area contributed by atoms with Gasteiger partial charge in [-0.05, 0) is 31.5 Å². The maximum Gasteiger partial charge on any atom is 0.322 e. The molecule has 0 aromatic heterocycles. The van der Waals surface area contributed by atoms with Crippen molar-refractivity contribution >= 4 is 23.3 Å². The van der Waals surface area contributed by atoms with Gasteiger partial charge >= 0.3 is 6.03 Å². The number of non-ortho nitro benzene ring substituents is 1. The molecule has 3 rings (SSSR count). The number of methoxy groups -OCH3 is 1. The van der Waals surface area contributed by atoms with Gasteiger partial charge in [0.05, 0.1) is 29.3 Å². The van der Waals surface area contributed by atoms with Crippen molar-refractivity contribution in [3.05, 3.63) is 75.5 Å². The number of hydrogen-bond donors (Lipinski definition) is 2. The van der Waals surface area contributed by atoms with Gasteiger partial charge in [0, 0.05) is 24.4 Å². The van der Waals surface area contributed by atoms with Gasteiger partial charge in [0.1, 0.15) is 5.75 Å². The minimum Gasteiger partial charge on any atom is -0.495 e. The molecule has 0 saturated heterocycles. The summed E-state index contributed by atoms with van der Waals surface area (Å²) in [6, 6.07) is 11.6. The zero-order valence-electron chi connectivity index (χ0n) is 16.8. The van der Waals surface area contributed by atoms with E-state index in [9.17, 15) is 19.7 Å². The van der Waals surface area contributed by atoms with Crippen molar-refractivity contribution < 1.29 is 19.2 Å². The van der Waals surface area contributed by atoms with E-state index < -0.39 is 16.9 Å². The van der Waals surface area contributed by atoms with Crippen LogP contribution in [0.2, 0.25) is 0 Å². The van der Waals surface area contributed by atoms with Crippen molar-refractivity contribution in [1.82, 2.24) is 10.2 Å². The Morgan fingerprint density at radius 3 is 2.67 bits per heavy atom. The molecular weight excluding hydrogens is 388 g/mol. The van der Waals surface area contributed by atoms with E-state index in [2.05, 4.69) is 10.6 Å². The smallest absolute Gasteiger partial charge is 0.322 e. The van der Waals surface area contributed by atoms with Crippen molar-refractivity contribution in [1.29, 1.82) is 0 Å². The summed E-state index contributed by atoms with van der Waals surface area (Å²) in [5.74, 6) is 0.0511. The lowest BCUT2D eigenvalue weighted by molar-refractivity contribution is -0.384. The summed E-state index contributed by atoms with van der Waals surface area (Å²) in [7, 11) is 1.50. The first-order valence-electron chi connectivity index (χ1n) is 9.34. The summed E-state index contributed by atoms with van der Waals surface area (Å²) >= 11 is 0. The van der Waals surface area contributed by atoms with Crippen LogP contribution in [0.5, 0.6) is 5.75 Å². The average molecular weight is 410 g/mol. The molecule has 0 aliphatic carbocycles. The lowest BCUT2D eigenvalue weighted by Gasteiger charge is -2.35. The molecule has 2 aromatic rings. The van der Waals surface area contributed by atoms with E-state index in [1.54, 1.807) is 44.2 Å². The predicted octanol–water partition coefficient (Wildman–Crippen LogP) is 3.60. The Balaban J connectivity index is 2.06. The number of benzene rings is 2. The van der Waals surface area contributed by atoms with Crippen LogP contribution in [0.15, 0.2) is 59.8 Å². The molecule has 2 N–H and O–H groups in total. The monoisotopic (exact) mass is 410 g/mol. The van der Waals surface area contributed by atoms with Gasteiger partial charge in [-0.3, -0.25) is 19.8 Å². The predicted molar refractivity (Wildman–Crippen MR) is 111 cm³/mol. The van der Waals surface area contributed by atoms with Crippen LogP contribution in [-0.4, -0.2) is 35.4 Å². The third-order valence-electron chi connectivity index (χ3n) is 4.93. The molecule has 0 spiro atoms. The van der Waals surface area contributed by atoms with E-state index in [-0.39, 0.29) is 11.7 Å². The number of para-hydroxylation sites is 2. The van der Waals surface area contributed by atoms with Crippen molar-refractivity contribution in [3.63, 3.8) is 0 Å². The van der Waals surface area contributed by atoms with E-state index in [4.69, 9.17) is 4.74 Å². The molecule has 0 bridgehead atoms. The number of amides is 3. The summed E-state index contributed by atoms with van der Waals surface area (Å²) < 4.78 is 5.29. The van der Waals surface area contributed by atoms with Crippen molar-refractivity contribution in [2.45, 2.75) is 19.9 Å². The second kappa shape index (κ2) is 8.64. The maximum atomic E-state index is 13.3. The first kappa shape index (κ1) is 20.8. The highest BCUT2D eigenvalue weighted by Gasteiger charge is 2.35. The maximum absolute atomic E-state index is 13.3. The molecule has 1 aliphatic heterocycles. The second-order valence-electron chi connectivity index (χ2n) is 6.63. The molecule has 9 heteroatoms. The van der Waals surface area contributed by atoms with E-state index in [0.29, 0.717) is 34.8 Å². The molecule has 3 amide bonds. The lowest BCUT2D eigenvalue weighted by Crippen LogP contribution is -2.48. The van der Waals surface area contributed by atoms with E-state index in [1.165, 1.54) is 30.2 Å². The standard InChI is InChI=1S/C21H22N4O5/c1-4-24-13(2)18(20(26)22-16-10-5-6-11-17(16)30-3)19(23-21(24)27)14-8-7-9-15(12-14)25(28)29/h5-12,19H,4H2,1-3H3,(H,22,26)(H,23,27)/t19-/m0/s1. The average Bonchev–Trinajstić information content (AvgIpc) is 2.74. The molecule has 1 heterocycles. The van der Waals surface area contributed by atoms with Crippen LogP contribution in [0.1, 0.15) is 25.5 Å². The number of rotatable bonds is 6. The van der Waals surface area contributed by atoms with E-state index >= 15 is 0 Å². The quantitative estimate of drug-likeness (QED) is 0.558. The molecule has 0 radical (unpaired) electrons. The number of urea groups is 1. The molecule has 2 aromatic carbocycles. The van der Waals surface area contributed by atoms with Crippen LogP contribution >= 0.6 is 0 Å². The van der Waals surface area contributed by atoms with Gasteiger partial charge in [-0.15, -0.1) is 0 Å². The number of nitrogens with one attached hydrogen (secondary N) is 2. The van der Waals surface area contributed by atoms with E-state index in [1.807, 2.05) is 0 Å². The Bertz CT molecular complexity index is 1030. The van der Waals surface area contributed by atoms with Gasteiger partial charge in [0.2, 0.25) is 0 Å². The summed E-state index contributed by atoms with van der Waals surface area (Å²) in [6.07, 6.45) is 0. The number of carbonyl (C=O) groups is 2. The Morgan fingerprint density at radius 2 is 2.00 bits per heavy atom. The number of anilines is 1. The van der Waals surface area contributed by atoms with E-state index in [0.717, 1.165) is 0 Å². The highest BCUT2D eigenvalue weighted by molar-refractivity contribution is 6.07. The van der Waals surface area contributed by atoms with Crippen molar-refractivity contribution in [2.24, 2.45) is 0 Å². The molecular formula is C21H22N4O5. The Kier molecular flexibility index (Phi) is 6.01. The number of allylic oxidation sites excluding steroid dienone is 1. The first-order chi connectivity index (χ1) is 14.4. The van der Waals surface area contributed by atoms with Gasteiger partial charge in [-0.25, -0.2) is 4.79 Å². The zero-order valence-corrected chi connectivity index (χ0v) is 16.8. The number of ether oxygens (including phenoxy) is 1. The van der Waals surface area contributed by atoms with Gasteiger partial charge in [0.15, 0.2) is 0 Å². The van der Waals surface area contributed by atoms with Crippen molar-refractivity contribution in [3.8, 4) is 5.75 Å². The lowest BCUT2D eigenvalue weighted by atomic mass is 9.93. The number of nitro groups is 1. The molecule has 9 nitrogen and oxygen atoms in total. The fraction of sp³-hybridized carbons (Fsp3) is 0.238. The van der Waals surface area contributed by atoms with Crippen LogP contribution in [0.3, 0.4) is 0 Å². The molecule has 0 unspecified atom stereocenters. The fourth-order valence-electron chi connectivity index (χ4n) is 3.46. The van der Waals surface area contributed by atoms with Crippen LogP contribution in [-0.2, 0) is 4.79 Å². The summed E-state index contributed by atoms with van der Waals surface area (Å²) in [5.41, 5.74) is 1.57. The number of carbonyl (C=O) groups excluding carboxylic acids is 2. The normalized spacial score (nSPS) is 16.2. The van der Waals surface area contributed by atoms with Crippen LogP contribution < -0.4 is 15.4 Å². The minimum absolute atomic E-state index is 0.123. The SMILES string of the molecule is CCN1C(=O)N[C@@H](c2cccc([N+](=O)[O-])c2)C(C(=O)Nc2ccccc2OC)=C1C. The van der Waals surface area contributed by atoms with Crippen molar-refractivity contribution in [2.75, 3.05) is 19.0 Å². The number of hydrogen-bond acceptors (Lipinski definition) is 5. The first-order valence-corrected chi connectivity index (χ1v) is 9.34. The molecule has 0 saturated carbocycles. The highest BCUT2D eigenvalue weighted by Crippen LogP contribution is 2.33. The molecule has 156 valence electrons. The third-order valence-corrected chi connectivity index (χ3v) is 4.93. The third kappa shape index (κ3) is 3.95. The second-order valence-corrected chi connectivity index (χ2v) is 6.63. The molecule has 0 fully saturated rings. The highest BCUT2D eigenvalue weighted by atomic mass is 16.6. The topological polar surface area (TPSA) is 114 Å². The Morgan fingerprint density at radius 1 is 1.27 bits per heavy atom. The molecule has 30 heavy (non-hydrogen) atoms. The Hall–Kier alpha value is -3.88. The molecule has 1 atom stereocenters. The number of nitro benzene ring substituents is 1. The van der Waals surface area contributed by atoms with Crippen LogP contribution in [0, 0.1) is 10.1 Å². The van der Waals surface area contributed by atoms with Gasteiger partial charge in [0.25, 0.3) is 11.6 Å². The number of nitrogens with zero attached hydrogens (tertiary/aromatic N) is 2.